The van der Waals surface area contributed by atoms with E-state index in [1.807, 2.05) is 13.8 Å². The van der Waals surface area contributed by atoms with Crippen molar-refractivity contribution in [1.29, 1.82) is 0 Å². The van der Waals surface area contributed by atoms with Gasteiger partial charge in [-0.25, -0.2) is 0 Å². The molecular weight excluding hydrogens is 260 g/mol. The molecule has 7 heteroatoms. The topological polar surface area (TPSA) is 102 Å². The molecule has 1 atom stereocenters. The smallest absolute Gasteiger partial charge is 0.294 e. The Hall–Kier alpha value is -2.15. The Labute approximate surface area is 117 Å². The minimum atomic E-state index is -0.561. The Morgan fingerprint density at radius 2 is 2.15 bits per heavy atom. The number of nitrogen functional groups attached to an aromatic ring is 1. The SMILES string of the molecule is CCC(C)N(C)C(=O)c1cc([N+](=O)[O-])c(NN)cc1C. The van der Waals surface area contributed by atoms with Crippen LogP contribution in [0.3, 0.4) is 0 Å². The monoisotopic (exact) mass is 280 g/mol. The van der Waals surface area contributed by atoms with Crippen molar-refractivity contribution in [3.05, 3.63) is 33.4 Å². The number of aryl methyl sites for hydroxylation is 1. The molecule has 110 valence electrons. The van der Waals surface area contributed by atoms with Crippen molar-refractivity contribution in [2.75, 3.05) is 12.5 Å². The Morgan fingerprint density at radius 1 is 1.55 bits per heavy atom. The maximum Gasteiger partial charge on any atom is 0.294 e. The first-order valence-corrected chi connectivity index (χ1v) is 6.36. The van der Waals surface area contributed by atoms with E-state index < -0.39 is 4.92 Å². The Bertz CT molecular complexity index is 531. The summed E-state index contributed by atoms with van der Waals surface area (Å²) in [6.07, 6.45) is 0.811. The molecule has 7 nitrogen and oxygen atoms in total. The molecule has 0 saturated heterocycles. The molecule has 0 aromatic heterocycles. The number of hydrogen-bond acceptors (Lipinski definition) is 5. The third-order valence-electron chi connectivity index (χ3n) is 3.50. The maximum absolute atomic E-state index is 12.4. The molecule has 0 bridgehead atoms. The van der Waals surface area contributed by atoms with Crippen molar-refractivity contribution in [2.45, 2.75) is 33.2 Å². The fraction of sp³-hybridized carbons (Fsp3) is 0.462. The fourth-order valence-electron chi connectivity index (χ4n) is 1.86. The van der Waals surface area contributed by atoms with Gasteiger partial charge in [0.2, 0.25) is 0 Å². The summed E-state index contributed by atoms with van der Waals surface area (Å²) in [5.74, 6) is 5.03. The summed E-state index contributed by atoms with van der Waals surface area (Å²) in [6, 6.07) is 2.84. The van der Waals surface area contributed by atoms with Gasteiger partial charge in [-0.1, -0.05) is 6.92 Å². The first kappa shape index (κ1) is 15.9. The molecule has 1 aromatic carbocycles. The lowest BCUT2D eigenvalue weighted by Gasteiger charge is -2.24. The normalized spacial score (nSPS) is 11.8. The standard InChI is InChI=1S/C13H20N4O3/c1-5-9(3)16(4)13(18)10-7-12(17(19)20)11(15-14)6-8(10)2/h6-7,9,15H,5,14H2,1-4H3. The molecular formula is C13H20N4O3. The quantitative estimate of drug-likeness (QED) is 0.488. The number of benzene rings is 1. The van der Waals surface area contributed by atoms with E-state index in [0.29, 0.717) is 11.1 Å². The van der Waals surface area contributed by atoms with Crippen LogP contribution in [0, 0.1) is 17.0 Å². The van der Waals surface area contributed by atoms with Crippen molar-refractivity contribution >= 4 is 17.3 Å². The number of carbonyl (C=O) groups is 1. The van der Waals surface area contributed by atoms with Crippen LogP contribution in [0.25, 0.3) is 0 Å². The van der Waals surface area contributed by atoms with Crippen LogP contribution in [-0.4, -0.2) is 28.8 Å². The number of amides is 1. The second-order valence-corrected chi connectivity index (χ2v) is 4.76. The van der Waals surface area contributed by atoms with Gasteiger partial charge in [-0.15, -0.1) is 0 Å². The van der Waals surface area contributed by atoms with Gasteiger partial charge in [-0.3, -0.25) is 20.8 Å². The van der Waals surface area contributed by atoms with Gasteiger partial charge >= 0.3 is 0 Å². The molecule has 0 saturated carbocycles. The number of nitro benzene ring substituents is 1. The number of anilines is 1. The van der Waals surface area contributed by atoms with Gasteiger partial charge in [0.05, 0.1) is 4.92 Å². The molecule has 0 aliphatic heterocycles. The van der Waals surface area contributed by atoms with E-state index in [0.717, 1.165) is 6.42 Å². The summed E-state index contributed by atoms with van der Waals surface area (Å²) in [5.41, 5.74) is 3.22. The number of nitrogens with two attached hydrogens (primary N) is 1. The van der Waals surface area contributed by atoms with Gasteiger partial charge in [-0.2, -0.15) is 0 Å². The van der Waals surface area contributed by atoms with Crippen LogP contribution in [0.4, 0.5) is 11.4 Å². The maximum atomic E-state index is 12.4. The predicted octanol–water partition coefficient (Wildman–Crippen LogP) is 2.06. The number of carbonyl (C=O) groups excluding carboxylic acids is 1. The van der Waals surface area contributed by atoms with Crippen molar-refractivity contribution in [3.63, 3.8) is 0 Å². The van der Waals surface area contributed by atoms with Gasteiger partial charge in [0, 0.05) is 24.7 Å². The summed E-state index contributed by atoms with van der Waals surface area (Å²) in [4.78, 5) is 24.4. The van der Waals surface area contributed by atoms with Gasteiger partial charge < -0.3 is 10.3 Å². The predicted molar refractivity (Wildman–Crippen MR) is 77.5 cm³/mol. The zero-order valence-corrected chi connectivity index (χ0v) is 12.1. The minimum absolute atomic E-state index is 0.0632. The van der Waals surface area contributed by atoms with E-state index in [1.165, 1.54) is 12.1 Å². The fourth-order valence-corrected chi connectivity index (χ4v) is 1.86. The van der Waals surface area contributed by atoms with Crippen LogP contribution in [0.1, 0.15) is 36.2 Å². The number of hydrogen-bond donors (Lipinski definition) is 2. The third kappa shape index (κ3) is 3.05. The summed E-state index contributed by atoms with van der Waals surface area (Å²) in [6.45, 7) is 5.63. The van der Waals surface area contributed by atoms with Crippen LogP contribution in [-0.2, 0) is 0 Å². The first-order chi connectivity index (χ1) is 9.33. The zero-order valence-electron chi connectivity index (χ0n) is 12.1. The number of nitrogens with zero attached hydrogens (tertiary/aromatic N) is 2. The van der Waals surface area contributed by atoms with E-state index in [9.17, 15) is 14.9 Å². The van der Waals surface area contributed by atoms with Crippen molar-refractivity contribution < 1.29 is 9.72 Å². The number of nitro groups is 1. The van der Waals surface area contributed by atoms with E-state index in [-0.39, 0.29) is 23.3 Å². The van der Waals surface area contributed by atoms with Crippen LogP contribution < -0.4 is 11.3 Å². The van der Waals surface area contributed by atoms with Crippen molar-refractivity contribution in [3.8, 4) is 0 Å². The van der Waals surface area contributed by atoms with Gasteiger partial charge in [0.15, 0.2) is 0 Å². The van der Waals surface area contributed by atoms with E-state index in [1.54, 1.807) is 18.9 Å². The van der Waals surface area contributed by atoms with Gasteiger partial charge in [0.1, 0.15) is 5.69 Å². The highest BCUT2D eigenvalue weighted by Crippen LogP contribution is 2.28. The summed E-state index contributed by atoms with van der Waals surface area (Å²) < 4.78 is 0. The summed E-state index contributed by atoms with van der Waals surface area (Å²) in [7, 11) is 1.69. The second kappa shape index (κ2) is 6.33. The molecule has 0 aliphatic carbocycles. The van der Waals surface area contributed by atoms with Crippen LogP contribution >= 0.6 is 0 Å². The average Bonchev–Trinajstić information content (AvgIpc) is 2.43. The highest BCUT2D eigenvalue weighted by molar-refractivity contribution is 5.97. The zero-order chi connectivity index (χ0) is 15.4. The third-order valence-corrected chi connectivity index (χ3v) is 3.50. The van der Waals surface area contributed by atoms with Gasteiger partial charge in [-0.05, 0) is 31.9 Å². The van der Waals surface area contributed by atoms with E-state index >= 15 is 0 Å². The van der Waals surface area contributed by atoms with E-state index in [2.05, 4.69) is 5.43 Å². The highest BCUT2D eigenvalue weighted by atomic mass is 16.6. The molecule has 0 spiro atoms. The Balaban J connectivity index is 3.28. The van der Waals surface area contributed by atoms with Crippen molar-refractivity contribution in [2.24, 2.45) is 5.84 Å². The van der Waals surface area contributed by atoms with Crippen LogP contribution in [0.2, 0.25) is 0 Å². The highest BCUT2D eigenvalue weighted by Gasteiger charge is 2.23. The molecule has 1 aromatic rings. The Morgan fingerprint density at radius 3 is 2.60 bits per heavy atom. The van der Waals surface area contributed by atoms with Crippen LogP contribution in [0.15, 0.2) is 12.1 Å². The van der Waals surface area contributed by atoms with Crippen LogP contribution in [0.5, 0.6) is 0 Å². The lowest BCUT2D eigenvalue weighted by Crippen LogP contribution is -2.35. The average molecular weight is 280 g/mol. The molecule has 0 radical (unpaired) electrons. The largest absolute Gasteiger partial charge is 0.339 e. The van der Waals surface area contributed by atoms with Gasteiger partial charge in [0.25, 0.3) is 11.6 Å². The number of nitrogens with one attached hydrogen (secondary N) is 1. The number of hydrazine groups is 1. The molecule has 3 N–H and O–H groups in total. The van der Waals surface area contributed by atoms with E-state index in [4.69, 9.17) is 5.84 Å². The molecule has 0 aliphatic rings. The molecule has 0 heterocycles. The lowest BCUT2D eigenvalue weighted by atomic mass is 10.0. The molecule has 0 fully saturated rings. The summed E-state index contributed by atoms with van der Waals surface area (Å²) >= 11 is 0. The first-order valence-electron chi connectivity index (χ1n) is 6.36. The molecule has 1 rings (SSSR count). The minimum Gasteiger partial charge on any atom is -0.339 e. The molecule has 20 heavy (non-hydrogen) atoms. The number of rotatable bonds is 5. The van der Waals surface area contributed by atoms with Crippen molar-refractivity contribution in [1.82, 2.24) is 4.90 Å². The Kier molecular flexibility index (Phi) is 5.04. The molecule has 1 amide bonds. The lowest BCUT2D eigenvalue weighted by molar-refractivity contribution is -0.384. The molecule has 1 unspecified atom stereocenters. The summed E-state index contributed by atoms with van der Waals surface area (Å²) in [5, 5.41) is 11.0. The second-order valence-electron chi connectivity index (χ2n) is 4.76.